The van der Waals surface area contributed by atoms with Crippen LogP contribution in [0.5, 0.6) is 0 Å². The standard InChI is InChI=1S/C21H26N2O4/c1-26-20(24)19(15-17-9-4-2-5-10-17)22-13-8-14-23-21(25)27-16-18-11-6-3-7-12-18/h2-7,9-12,19,22H,8,13-16H2,1H3,(H,23,25). The second-order valence-electron chi connectivity index (χ2n) is 6.06. The maximum absolute atomic E-state index is 11.9. The van der Waals surface area contributed by atoms with Gasteiger partial charge in [0.05, 0.1) is 7.11 Å². The number of methoxy groups -OCH3 is 1. The lowest BCUT2D eigenvalue weighted by molar-refractivity contribution is -0.143. The Morgan fingerprint density at radius 2 is 1.56 bits per heavy atom. The fourth-order valence-electron chi connectivity index (χ4n) is 2.56. The van der Waals surface area contributed by atoms with E-state index in [-0.39, 0.29) is 12.6 Å². The molecule has 1 atom stereocenters. The SMILES string of the molecule is COC(=O)C(Cc1ccccc1)NCCCNC(=O)OCc1ccccc1. The van der Waals surface area contributed by atoms with Crippen LogP contribution in [0.25, 0.3) is 0 Å². The van der Waals surface area contributed by atoms with Crippen LogP contribution in [0.4, 0.5) is 4.79 Å². The Morgan fingerprint density at radius 3 is 2.19 bits per heavy atom. The Balaban J connectivity index is 1.64. The van der Waals surface area contributed by atoms with E-state index in [2.05, 4.69) is 10.6 Å². The second kappa shape index (κ2) is 11.7. The van der Waals surface area contributed by atoms with Crippen LogP contribution in [0, 0.1) is 0 Å². The maximum atomic E-state index is 11.9. The fraction of sp³-hybridized carbons (Fsp3) is 0.333. The van der Waals surface area contributed by atoms with Crippen molar-refractivity contribution in [3.8, 4) is 0 Å². The summed E-state index contributed by atoms with van der Waals surface area (Å²) in [6.07, 6.45) is 0.774. The molecule has 0 aliphatic carbocycles. The maximum Gasteiger partial charge on any atom is 0.407 e. The van der Waals surface area contributed by atoms with Gasteiger partial charge in [0.2, 0.25) is 0 Å². The molecule has 0 saturated heterocycles. The number of esters is 1. The first kappa shape index (κ1) is 20.5. The van der Waals surface area contributed by atoms with E-state index in [4.69, 9.17) is 9.47 Å². The summed E-state index contributed by atoms with van der Waals surface area (Å²) in [5.74, 6) is -0.297. The van der Waals surface area contributed by atoms with Crippen molar-refractivity contribution in [2.75, 3.05) is 20.2 Å². The zero-order valence-electron chi connectivity index (χ0n) is 15.5. The molecular weight excluding hydrogens is 344 g/mol. The van der Waals surface area contributed by atoms with Gasteiger partial charge in [0, 0.05) is 6.54 Å². The lowest BCUT2D eigenvalue weighted by Crippen LogP contribution is -2.40. The third-order valence-corrected chi connectivity index (χ3v) is 3.99. The summed E-state index contributed by atoms with van der Waals surface area (Å²) in [5.41, 5.74) is 2.00. The highest BCUT2D eigenvalue weighted by Crippen LogP contribution is 2.04. The molecule has 0 spiro atoms. The van der Waals surface area contributed by atoms with Crippen LogP contribution in [0.1, 0.15) is 17.5 Å². The molecule has 2 rings (SSSR count). The molecule has 6 heteroatoms. The molecule has 6 nitrogen and oxygen atoms in total. The monoisotopic (exact) mass is 370 g/mol. The van der Waals surface area contributed by atoms with Gasteiger partial charge in [-0.15, -0.1) is 0 Å². The first-order valence-electron chi connectivity index (χ1n) is 8.98. The van der Waals surface area contributed by atoms with E-state index in [1.165, 1.54) is 7.11 Å². The van der Waals surface area contributed by atoms with E-state index in [1.807, 2.05) is 60.7 Å². The van der Waals surface area contributed by atoms with Crippen LogP contribution in [-0.2, 0) is 27.3 Å². The van der Waals surface area contributed by atoms with Crippen LogP contribution in [0.3, 0.4) is 0 Å². The average Bonchev–Trinajstić information content (AvgIpc) is 2.72. The molecule has 27 heavy (non-hydrogen) atoms. The number of carbonyl (C=O) groups is 2. The number of nitrogens with one attached hydrogen (secondary N) is 2. The highest BCUT2D eigenvalue weighted by atomic mass is 16.5. The van der Waals surface area contributed by atoms with E-state index in [0.29, 0.717) is 25.9 Å². The quantitative estimate of drug-likeness (QED) is 0.497. The zero-order valence-corrected chi connectivity index (χ0v) is 15.5. The van der Waals surface area contributed by atoms with Crippen LogP contribution in [0.2, 0.25) is 0 Å². The minimum atomic E-state index is -0.451. The molecule has 0 aliphatic heterocycles. The topological polar surface area (TPSA) is 76.7 Å². The van der Waals surface area contributed by atoms with Crippen molar-refractivity contribution in [3.63, 3.8) is 0 Å². The van der Waals surface area contributed by atoms with Gasteiger partial charge in [0.15, 0.2) is 0 Å². The molecule has 1 unspecified atom stereocenters. The van der Waals surface area contributed by atoms with E-state index >= 15 is 0 Å². The molecule has 0 bridgehead atoms. The van der Waals surface area contributed by atoms with E-state index in [0.717, 1.165) is 11.1 Å². The zero-order chi connectivity index (χ0) is 19.3. The number of rotatable bonds is 10. The first-order valence-corrected chi connectivity index (χ1v) is 8.98. The predicted octanol–water partition coefficient (Wildman–Crippen LogP) is 2.68. The summed E-state index contributed by atoms with van der Waals surface area (Å²) in [6, 6.07) is 18.9. The van der Waals surface area contributed by atoms with Crippen LogP contribution in [-0.4, -0.2) is 38.3 Å². The Hall–Kier alpha value is -2.86. The van der Waals surface area contributed by atoms with E-state index in [1.54, 1.807) is 0 Å². The summed E-state index contributed by atoms with van der Waals surface area (Å²) >= 11 is 0. The van der Waals surface area contributed by atoms with Crippen LogP contribution < -0.4 is 10.6 Å². The van der Waals surface area contributed by atoms with Gasteiger partial charge in [0.25, 0.3) is 0 Å². The molecule has 2 aromatic carbocycles. The summed E-state index contributed by atoms with van der Waals surface area (Å²) in [4.78, 5) is 23.6. The smallest absolute Gasteiger partial charge is 0.407 e. The van der Waals surface area contributed by atoms with E-state index in [9.17, 15) is 9.59 Å². The van der Waals surface area contributed by atoms with Crippen molar-refractivity contribution in [3.05, 3.63) is 71.8 Å². The van der Waals surface area contributed by atoms with Gasteiger partial charge in [-0.2, -0.15) is 0 Å². The molecule has 0 aromatic heterocycles. The van der Waals surface area contributed by atoms with Gasteiger partial charge in [-0.3, -0.25) is 4.79 Å². The van der Waals surface area contributed by atoms with E-state index < -0.39 is 12.1 Å². The lowest BCUT2D eigenvalue weighted by Gasteiger charge is -2.16. The van der Waals surface area contributed by atoms with Gasteiger partial charge in [0.1, 0.15) is 12.6 Å². The van der Waals surface area contributed by atoms with Gasteiger partial charge < -0.3 is 20.1 Å². The molecule has 0 heterocycles. The Bertz CT molecular complexity index is 692. The Labute approximate surface area is 159 Å². The Kier molecular flexibility index (Phi) is 8.86. The highest BCUT2D eigenvalue weighted by Gasteiger charge is 2.18. The third kappa shape index (κ3) is 7.92. The third-order valence-electron chi connectivity index (χ3n) is 3.99. The summed E-state index contributed by atoms with van der Waals surface area (Å²) in [7, 11) is 1.38. The average molecular weight is 370 g/mol. The Morgan fingerprint density at radius 1 is 0.926 bits per heavy atom. The fourth-order valence-corrected chi connectivity index (χ4v) is 2.56. The molecule has 2 N–H and O–H groups in total. The van der Waals surface area contributed by atoms with Gasteiger partial charge in [-0.1, -0.05) is 60.7 Å². The summed E-state index contributed by atoms with van der Waals surface area (Å²) in [6.45, 7) is 1.28. The first-order chi connectivity index (χ1) is 13.2. The number of benzene rings is 2. The van der Waals surface area contributed by atoms with Crippen LogP contribution in [0.15, 0.2) is 60.7 Å². The minimum Gasteiger partial charge on any atom is -0.468 e. The molecule has 0 fully saturated rings. The molecule has 0 saturated carbocycles. The molecule has 0 radical (unpaired) electrons. The highest BCUT2D eigenvalue weighted by molar-refractivity contribution is 5.76. The van der Waals surface area contributed by atoms with Crippen LogP contribution >= 0.6 is 0 Å². The molecule has 144 valence electrons. The number of amides is 1. The van der Waals surface area contributed by atoms with Crippen molar-refractivity contribution in [1.82, 2.24) is 10.6 Å². The molecule has 2 aromatic rings. The largest absolute Gasteiger partial charge is 0.468 e. The lowest BCUT2D eigenvalue weighted by atomic mass is 10.1. The minimum absolute atomic E-state index is 0.242. The van der Waals surface area contributed by atoms with Crippen molar-refractivity contribution < 1.29 is 19.1 Å². The second-order valence-corrected chi connectivity index (χ2v) is 6.06. The number of hydrogen-bond donors (Lipinski definition) is 2. The number of ether oxygens (including phenoxy) is 2. The molecule has 0 aliphatic rings. The predicted molar refractivity (Wildman–Crippen MR) is 103 cm³/mol. The number of alkyl carbamates (subject to hydrolysis) is 1. The summed E-state index contributed by atoms with van der Waals surface area (Å²) in [5, 5.41) is 5.89. The normalized spacial score (nSPS) is 11.4. The van der Waals surface area contributed by atoms with Crippen molar-refractivity contribution in [1.29, 1.82) is 0 Å². The van der Waals surface area contributed by atoms with Gasteiger partial charge in [-0.05, 0) is 30.5 Å². The van der Waals surface area contributed by atoms with Gasteiger partial charge >= 0.3 is 12.1 Å². The summed E-state index contributed by atoms with van der Waals surface area (Å²) < 4.78 is 10.0. The molecule has 1 amide bonds. The van der Waals surface area contributed by atoms with Crippen molar-refractivity contribution >= 4 is 12.1 Å². The van der Waals surface area contributed by atoms with Gasteiger partial charge in [-0.25, -0.2) is 4.79 Å². The molecular formula is C21H26N2O4. The van der Waals surface area contributed by atoms with Crippen molar-refractivity contribution in [2.24, 2.45) is 0 Å². The van der Waals surface area contributed by atoms with Crippen molar-refractivity contribution in [2.45, 2.75) is 25.5 Å². The number of hydrogen-bond acceptors (Lipinski definition) is 5. The number of carbonyl (C=O) groups excluding carboxylic acids is 2.